The van der Waals surface area contributed by atoms with E-state index in [4.69, 9.17) is 0 Å². The van der Waals surface area contributed by atoms with Crippen LogP contribution in [0.1, 0.15) is 68.1 Å². The first kappa shape index (κ1) is 14.2. The zero-order valence-electron chi connectivity index (χ0n) is 13.5. The van der Waals surface area contributed by atoms with Crippen molar-refractivity contribution >= 4 is 12.2 Å². The molecule has 0 aliphatic heterocycles. The highest BCUT2D eigenvalue weighted by Crippen LogP contribution is 2.43. The second kappa shape index (κ2) is 5.96. The lowest BCUT2D eigenvalue weighted by molar-refractivity contribution is 0.781. The van der Waals surface area contributed by atoms with Gasteiger partial charge in [0.25, 0.3) is 0 Å². The van der Waals surface area contributed by atoms with Gasteiger partial charge in [-0.25, -0.2) is 0 Å². The number of aryl methyl sites for hydroxylation is 3. The molecule has 0 amide bonds. The Kier molecular flexibility index (Phi) is 4.24. The summed E-state index contributed by atoms with van der Waals surface area (Å²) in [6.07, 6.45) is 11.8. The van der Waals surface area contributed by atoms with Crippen LogP contribution in [0.15, 0.2) is 12.1 Å². The lowest BCUT2D eigenvalue weighted by atomic mass is 9.29. The van der Waals surface area contributed by atoms with Gasteiger partial charge >= 0.3 is 0 Å². The molecule has 0 saturated heterocycles. The van der Waals surface area contributed by atoms with Gasteiger partial charge in [-0.2, -0.15) is 0 Å². The van der Waals surface area contributed by atoms with E-state index in [0.717, 1.165) is 18.3 Å². The van der Waals surface area contributed by atoms with Crippen LogP contribution >= 0.6 is 0 Å². The van der Waals surface area contributed by atoms with E-state index in [1.165, 1.54) is 56.9 Å². The molecular formula is C19H29B. The van der Waals surface area contributed by atoms with Gasteiger partial charge in [0, 0.05) is 0 Å². The van der Waals surface area contributed by atoms with E-state index >= 15 is 0 Å². The Morgan fingerprint density at radius 2 is 1.15 bits per heavy atom. The quantitative estimate of drug-likeness (QED) is 0.661. The monoisotopic (exact) mass is 268 g/mol. The zero-order valence-corrected chi connectivity index (χ0v) is 13.5. The first-order chi connectivity index (χ1) is 9.66. The van der Waals surface area contributed by atoms with Gasteiger partial charge in [0.15, 0.2) is 6.71 Å². The molecule has 2 saturated carbocycles. The minimum atomic E-state index is 0.862. The molecular weight excluding hydrogens is 239 g/mol. The molecule has 0 atom stereocenters. The molecule has 0 N–H and O–H groups in total. The topological polar surface area (TPSA) is 0 Å². The summed E-state index contributed by atoms with van der Waals surface area (Å²) < 4.78 is 0. The van der Waals surface area contributed by atoms with E-state index in [2.05, 4.69) is 32.9 Å². The summed E-state index contributed by atoms with van der Waals surface area (Å²) >= 11 is 0. The summed E-state index contributed by atoms with van der Waals surface area (Å²) in [4.78, 5) is 0. The van der Waals surface area contributed by atoms with E-state index in [-0.39, 0.29) is 0 Å². The van der Waals surface area contributed by atoms with Gasteiger partial charge < -0.3 is 0 Å². The Balaban J connectivity index is 1.99. The van der Waals surface area contributed by atoms with Crippen molar-refractivity contribution in [2.45, 2.75) is 83.8 Å². The lowest BCUT2D eigenvalue weighted by Crippen LogP contribution is -2.41. The highest BCUT2D eigenvalue weighted by Gasteiger charge is 2.38. The van der Waals surface area contributed by atoms with Crippen molar-refractivity contribution in [2.24, 2.45) is 0 Å². The maximum Gasteiger partial charge on any atom is 0.182 e. The van der Waals surface area contributed by atoms with Crippen molar-refractivity contribution in [3.63, 3.8) is 0 Å². The van der Waals surface area contributed by atoms with E-state index < -0.39 is 0 Å². The van der Waals surface area contributed by atoms with Gasteiger partial charge in [0.05, 0.1) is 0 Å². The SMILES string of the molecule is Cc1cc(C)c(B(C2CCCC2)C2CCCC2)c(C)c1. The number of hydrogen-bond acceptors (Lipinski definition) is 0. The predicted molar refractivity (Wildman–Crippen MR) is 90.5 cm³/mol. The minimum absolute atomic E-state index is 0.862. The number of hydrogen-bond donors (Lipinski definition) is 0. The Morgan fingerprint density at radius 1 is 0.750 bits per heavy atom. The van der Waals surface area contributed by atoms with E-state index in [0.29, 0.717) is 0 Å². The van der Waals surface area contributed by atoms with Crippen molar-refractivity contribution in [3.05, 3.63) is 28.8 Å². The number of benzene rings is 1. The third kappa shape index (κ3) is 2.69. The Morgan fingerprint density at radius 3 is 1.55 bits per heavy atom. The second-order valence-corrected chi connectivity index (χ2v) is 7.43. The summed E-state index contributed by atoms with van der Waals surface area (Å²) in [6.45, 7) is 7.81. The first-order valence-electron chi connectivity index (χ1n) is 8.74. The molecule has 0 radical (unpaired) electrons. The molecule has 0 heterocycles. The first-order valence-corrected chi connectivity index (χ1v) is 8.74. The fraction of sp³-hybridized carbons (Fsp3) is 0.684. The Hall–Kier alpha value is -0.715. The van der Waals surface area contributed by atoms with E-state index in [1.54, 1.807) is 16.6 Å². The standard InChI is InChI=1S/C19H29B/c1-14-12-15(2)19(16(3)13-14)20(17-8-4-5-9-17)18-10-6-7-11-18/h12-13,17-18H,4-11H2,1-3H3. The van der Waals surface area contributed by atoms with Crippen LogP contribution in [0.2, 0.25) is 11.6 Å². The van der Waals surface area contributed by atoms with Gasteiger partial charge in [-0.15, -0.1) is 0 Å². The molecule has 108 valence electrons. The third-order valence-electron chi connectivity index (χ3n) is 5.89. The third-order valence-corrected chi connectivity index (χ3v) is 5.89. The Bertz CT molecular complexity index is 426. The molecule has 3 rings (SSSR count). The molecule has 20 heavy (non-hydrogen) atoms. The molecule has 0 spiro atoms. The predicted octanol–water partition coefficient (Wildman–Crippen LogP) is 5.20. The van der Waals surface area contributed by atoms with Gasteiger partial charge in [-0.1, -0.05) is 97.3 Å². The highest BCUT2D eigenvalue weighted by atomic mass is 14.2. The zero-order chi connectivity index (χ0) is 14.1. The lowest BCUT2D eigenvalue weighted by Gasteiger charge is -2.29. The van der Waals surface area contributed by atoms with Crippen LogP contribution < -0.4 is 5.46 Å². The average Bonchev–Trinajstić information content (AvgIpc) is 3.07. The molecule has 2 aliphatic carbocycles. The van der Waals surface area contributed by atoms with Crippen LogP contribution in [0.5, 0.6) is 0 Å². The van der Waals surface area contributed by atoms with Crippen molar-refractivity contribution in [2.75, 3.05) is 0 Å². The van der Waals surface area contributed by atoms with Crippen LogP contribution in [0.25, 0.3) is 0 Å². The van der Waals surface area contributed by atoms with Crippen LogP contribution in [-0.2, 0) is 0 Å². The summed E-state index contributed by atoms with van der Waals surface area (Å²) in [5.74, 6) is 1.94. The molecule has 2 aliphatic rings. The maximum absolute atomic E-state index is 2.42. The molecule has 1 heteroatoms. The molecule has 0 unspecified atom stereocenters. The Labute approximate surface area is 125 Å². The largest absolute Gasteiger partial charge is 0.182 e. The summed E-state index contributed by atoms with van der Waals surface area (Å²) in [5.41, 5.74) is 6.28. The average molecular weight is 268 g/mol. The molecule has 0 nitrogen and oxygen atoms in total. The normalized spacial score (nSPS) is 20.8. The van der Waals surface area contributed by atoms with Gasteiger partial charge in [-0.3, -0.25) is 0 Å². The minimum Gasteiger partial charge on any atom is -0.0737 e. The van der Waals surface area contributed by atoms with E-state index in [9.17, 15) is 0 Å². The van der Waals surface area contributed by atoms with Crippen molar-refractivity contribution < 1.29 is 0 Å². The van der Waals surface area contributed by atoms with Gasteiger partial charge in [-0.05, 0) is 20.8 Å². The second-order valence-electron chi connectivity index (χ2n) is 7.43. The number of rotatable bonds is 3. The van der Waals surface area contributed by atoms with Crippen molar-refractivity contribution in [1.82, 2.24) is 0 Å². The molecule has 2 fully saturated rings. The fourth-order valence-corrected chi connectivity index (χ4v) is 5.21. The maximum atomic E-state index is 2.42. The van der Waals surface area contributed by atoms with Crippen LogP contribution in [0.4, 0.5) is 0 Å². The molecule has 1 aromatic carbocycles. The summed E-state index contributed by atoms with van der Waals surface area (Å²) in [6, 6.07) is 4.83. The van der Waals surface area contributed by atoms with Crippen molar-refractivity contribution in [3.8, 4) is 0 Å². The van der Waals surface area contributed by atoms with Crippen LogP contribution in [0.3, 0.4) is 0 Å². The van der Waals surface area contributed by atoms with Crippen LogP contribution in [0, 0.1) is 20.8 Å². The highest BCUT2D eigenvalue weighted by molar-refractivity contribution is 6.76. The van der Waals surface area contributed by atoms with Gasteiger partial charge in [0.2, 0.25) is 0 Å². The van der Waals surface area contributed by atoms with Gasteiger partial charge in [0.1, 0.15) is 0 Å². The molecule has 0 aromatic heterocycles. The fourth-order valence-electron chi connectivity index (χ4n) is 5.21. The van der Waals surface area contributed by atoms with Crippen LogP contribution in [-0.4, -0.2) is 6.71 Å². The molecule has 0 bridgehead atoms. The van der Waals surface area contributed by atoms with E-state index in [1.807, 2.05) is 0 Å². The summed E-state index contributed by atoms with van der Waals surface area (Å²) in [7, 11) is 0. The smallest absolute Gasteiger partial charge is 0.0737 e. The summed E-state index contributed by atoms with van der Waals surface area (Å²) in [5, 5.41) is 0. The van der Waals surface area contributed by atoms with Crippen molar-refractivity contribution in [1.29, 1.82) is 0 Å². The molecule has 1 aromatic rings.